The Kier molecular flexibility index (Phi) is 14.2. The van der Waals surface area contributed by atoms with E-state index in [1.54, 1.807) is 47.5 Å². The van der Waals surface area contributed by atoms with Crippen LogP contribution in [0.5, 0.6) is 5.75 Å². The summed E-state index contributed by atoms with van der Waals surface area (Å²) < 4.78 is 51.9. The number of nitrogens with one attached hydrogen (secondary N) is 2. The van der Waals surface area contributed by atoms with Crippen LogP contribution in [0.25, 0.3) is 22.4 Å². The second-order valence-corrected chi connectivity index (χ2v) is 19.6. The molecule has 0 aliphatic carbocycles. The van der Waals surface area contributed by atoms with Crippen LogP contribution in [0, 0.1) is 17.3 Å². The van der Waals surface area contributed by atoms with Gasteiger partial charge in [-0.05, 0) is 81.2 Å². The third kappa shape index (κ3) is 11.1. The molecule has 5 heterocycles. The number of hydrogen-bond donors (Lipinski definition) is 3. The third-order valence-corrected chi connectivity index (χ3v) is 13.1. The molecule has 360 valence electrons. The molecule has 19 heteroatoms. The van der Waals surface area contributed by atoms with E-state index in [4.69, 9.17) is 16.3 Å². The lowest BCUT2D eigenvalue weighted by Gasteiger charge is -2.42. The van der Waals surface area contributed by atoms with Crippen molar-refractivity contribution in [2.75, 3.05) is 43.4 Å². The molecule has 3 N–H and O–H groups in total. The number of carboxylic acid groups (broad SMARTS) is 1. The van der Waals surface area contributed by atoms with Gasteiger partial charge in [0.05, 0.1) is 46.4 Å². The Labute approximate surface area is 393 Å². The number of nitrogens with zero attached hydrogens (tertiary/aromatic N) is 6. The SMILES string of the molecule is C[C@H]1C[C@@H](c2ncc(-c3ccc(-c4cc(Cl)c(NC(=O)c5ccc(N6CCN(C(=O)C(C)(C)C)C[C@H]6C)nc5)cc4OC(F)(F)F)cc3)[nH]2)N(C(=O)[C@H](C2C[C@H](C)O[C@@H](C)C2)N(C)C(=O)O)C1. The zero-order valence-corrected chi connectivity index (χ0v) is 39.6. The zero-order valence-electron chi connectivity index (χ0n) is 38.9. The average Bonchev–Trinajstić information content (AvgIpc) is 3.90. The first-order chi connectivity index (χ1) is 31.5. The van der Waals surface area contributed by atoms with Crippen molar-refractivity contribution in [3.05, 3.63) is 77.3 Å². The minimum atomic E-state index is -5.07. The fourth-order valence-electron chi connectivity index (χ4n) is 9.64. The number of benzene rings is 2. The molecule has 3 aliphatic heterocycles. The number of anilines is 2. The zero-order chi connectivity index (χ0) is 48.7. The molecule has 3 aliphatic rings. The van der Waals surface area contributed by atoms with Crippen LogP contribution in [0.2, 0.25) is 5.02 Å². The summed E-state index contributed by atoms with van der Waals surface area (Å²) in [4.78, 5) is 72.1. The maximum Gasteiger partial charge on any atom is 0.573 e. The molecule has 4 amide bonds. The van der Waals surface area contributed by atoms with E-state index < -0.39 is 41.6 Å². The molecule has 3 fully saturated rings. The van der Waals surface area contributed by atoms with Gasteiger partial charge in [-0.25, -0.2) is 14.8 Å². The Morgan fingerprint density at radius 2 is 1.60 bits per heavy atom. The predicted molar refractivity (Wildman–Crippen MR) is 247 cm³/mol. The molecule has 67 heavy (non-hydrogen) atoms. The van der Waals surface area contributed by atoms with Crippen LogP contribution in [0.1, 0.15) is 90.0 Å². The molecule has 2 aromatic heterocycles. The summed E-state index contributed by atoms with van der Waals surface area (Å²) >= 11 is 6.62. The lowest BCUT2D eigenvalue weighted by molar-refractivity contribution is -0.274. The smallest absolute Gasteiger partial charge is 0.465 e. The summed E-state index contributed by atoms with van der Waals surface area (Å²) in [6.45, 7) is 15.5. The van der Waals surface area contributed by atoms with Gasteiger partial charge in [-0.1, -0.05) is 63.6 Å². The highest BCUT2D eigenvalue weighted by Gasteiger charge is 2.45. The number of hydrogen-bond acceptors (Lipinski definition) is 9. The van der Waals surface area contributed by atoms with Gasteiger partial charge in [-0.15, -0.1) is 13.2 Å². The highest BCUT2D eigenvalue weighted by atomic mass is 35.5. The number of likely N-dealkylation sites (N-methyl/N-ethyl adjacent to an activating group) is 1. The molecule has 6 atom stereocenters. The Bertz CT molecular complexity index is 2450. The van der Waals surface area contributed by atoms with Crippen LogP contribution in [-0.2, 0) is 14.3 Å². The van der Waals surface area contributed by atoms with Gasteiger partial charge in [-0.3, -0.25) is 19.3 Å². The molecular formula is C48H58ClF3N8O7. The van der Waals surface area contributed by atoms with Crippen molar-refractivity contribution in [1.29, 1.82) is 0 Å². The summed E-state index contributed by atoms with van der Waals surface area (Å²) in [5.74, 6) is -0.442. The lowest BCUT2D eigenvalue weighted by Crippen LogP contribution is -2.56. The quantitative estimate of drug-likeness (QED) is 0.139. The molecule has 7 rings (SSSR count). The van der Waals surface area contributed by atoms with Crippen molar-refractivity contribution >= 4 is 46.9 Å². The number of aromatic nitrogens is 3. The standard InChI is InChI=1S/C48H58ClF3N8O7/c1-26-17-38(60(24-26)44(62)41(57(8)46(64)65)33-18-28(3)66-29(4)19-33)42-54-23-37(55-42)31-11-9-30(10-12-31)34-20-35(49)36(21-39(34)67-48(50,51)52)56-43(61)32-13-14-40(53-22-32)59-16-15-58(25-27(59)2)45(63)47(5,6)7/h9-14,20-23,26-29,33,38,41H,15-19,24-25H2,1-8H3,(H,54,55)(H,56,61)(H,64,65)/t26-,27+,28-,29-,38-,41-/m0/s1. The number of pyridine rings is 1. The molecule has 15 nitrogen and oxygen atoms in total. The Hall–Kier alpha value is -5.88. The number of alkyl halides is 3. The molecule has 2 aromatic carbocycles. The topological polar surface area (TPSA) is 174 Å². The van der Waals surface area contributed by atoms with Gasteiger partial charge < -0.3 is 39.6 Å². The summed E-state index contributed by atoms with van der Waals surface area (Å²) in [5, 5.41) is 12.6. The largest absolute Gasteiger partial charge is 0.573 e. The maximum absolute atomic E-state index is 14.4. The second-order valence-electron chi connectivity index (χ2n) is 19.2. The number of rotatable bonds is 10. The predicted octanol–water partition coefficient (Wildman–Crippen LogP) is 9.12. The number of likely N-dealkylation sites (tertiary alicyclic amines) is 1. The van der Waals surface area contributed by atoms with Gasteiger partial charge in [0, 0.05) is 62.5 Å². The summed E-state index contributed by atoms with van der Waals surface area (Å²) in [6.07, 6.45) is -1.84. The van der Waals surface area contributed by atoms with Crippen LogP contribution >= 0.6 is 11.6 Å². The van der Waals surface area contributed by atoms with E-state index in [1.807, 2.05) is 58.3 Å². The number of imidazole rings is 1. The highest BCUT2D eigenvalue weighted by Crippen LogP contribution is 2.42. The van der Waals surface area contributed by atoms with E-state index in [2.05, 4.69) is 25.0 Å². The maximum atomic E-state index is 14.4. The molecule has 3 saturated heterocycles. The van der Waals surface area contributed by atoms with Crippen molar-refractivity contribution in [3.8, 4) is 28.1 Å². The van der Waals surface area contributed by atoms with E-state index in [9.17, 15) is 37.5 Å². The molecule has 0 radical (unpaired) electrons. The molecule has 0 spiro atoms. The monoisotopic (exact) mass is 950 g/mol. The Balaban J connectivity index is 1.06. The molecule has 0 saturated carbocycles. The minimum absolute atomic E-state index is 0.0184. The van der Waals surface area contributed by atoms with Crippen molar-refractivity contribution in [2.24, 2.45) is 17.3 Å². The number of carbonyl (C=O) groups is 4. The van der Waals surface area contributed by atoms with Crippen LogP contribution in [0.15, 0.2) is 60.9 Å². The second kappa shape index (κ2) is 19.4. The minimum Gasteiger partial charge on any atom is -0.465 e. The number of carbonyl (C=O) groups excluding carboxylic acids is 3. The van der Waals surface area contributed by atoms with Crippen LogP contribution in [-0.4, -0.2) is 122 Å². The lowest BCUT2D eigenvalue weighted by atomic mass is 9.84. The fraction of sp³-hybridized carbons (Fsp3) is 0.500. The van der Waals surface area contributed by atoms with Crippen LogP contribution < -0.4 is 15.0 Å². The molecule has 0 bridgehead atoms. The normalized spacial score (nSPS) is 22.9. The fourth-order valence-corrected chi connectivity index (χ4v) is 9.85. The highest BCUT2D eigenvalue weighted by molar-refractivity contribution is 6.34. The van der Waals surface area contributed by atoms with Gasteiger partial charge in [0.15, 0.2) is 0 Å². The van der Waals surface area contributed by atoms with Crippen molar-refractivity contribution < 1.29 is 46.9 Å². The Morgan fingerprint density at radius 1 is 0.925 bits per heavy atom. The van der Waals surface area contributed by atoms with E-state index in [0.29, 0.717) is 73.9 Å². The van der Waals surface area contributed by atoms with Gasteiger partial charge >= 0.3 is 12.5 Å². The Morgan fingerprint density at radius 3 is 2.19 bits per heavy atom. The molecule has 4 aromatic rings. The summed E-state index contributed by atoms with van der Waals surface area (Å²) in [6, 6.07) is 10.8. The van der Waals surface area contributed by atoms with Gasteiger partial charge in [-0.2, -0.15) is 0 Å². The van der Waals surface area contributed by atoms with E-state index >= 15 is 0 Å². The van der Waals surface area contributed by atoms with Gasteiger partial charge in [0.25, 0.3) is 5.91 Å². The van der Waals surface area contributed by atoms with Gasteiger partial charge in [0.1, 0.15) is 23.4 Å². The number of amides is 4. The summed E-state index contributed by atoms with van der Waals surface area (Å²) in [5.41, 5.74) is 1.14. The van der Waals surface area contributed by atoms with Crippen molar-refractivity contribution in [3.63, 3.8) is 0 Å². The summed E-state index contributed by atoms with van der Waals surface area (Å²) in [7, 11) is 1.43. The van der Waals surface area contributed by atoms with E-state index in [0.717, 1.165) is 11.0 Å². The number of halogens is 4. The number of H-pyrrole nitrogens is 1. The first-order valence-electron chi connectivity index (χ1n) is 22.5. The van der Waals surface area contributed by atoms with Gasteiger partial charge in [0.2, 0.25) is 11.8 Å². The molecule has 0 unspecified atom stereocenters. The first kappa shape index (κ1) is 49.0. The van der Waals surface area contributed by atoms with Crippen LogP contribution in [0.3, 0.4) is 0 Å². The van der Waals surface area contributed by atoms with Crippen molar-refractivity contribution in [2.45, 2.75) is 104 Å². The number of aromatic amines is 1. The molecular weight excluding hydrogens is 893 g/mol. The van der Waals surface area contributed by atoms with E-state index in [1.165, 1.54) is 19.3 Å². The first-order valence-corrected chi connectivity index (χ1v) is 22.8. The number of ether oxygens (including phenoxy) is 2. The van der Waals surface area contributed by atoms with Crippen LogP contribution in [0.4, 0.5) is 29.5 Å². The average molecular weight is 951 g/mol. The van der Waals surface area contributed by atoms with E-state index in [-0.39, 0.29) is 63.7 Å². The number of piperazine rings is 1. The van der Waals surface area contributed by atoms with Crippen molar-refractivity contribution in [1.82, 2.24) is 29.7 Å². The third-order valence-electron chi connectivity index (χ3n) is 12.8.